The van der Waals surface area contributed by atoms with Crippen LogP contribution in [0, 0.1) is 0 Å². The highest BCUT2D eigenvalue weighted by molar-refractivity contribution is 7.86. The molecule has 0 unspecified atom stereocenters. The van der Waals surface area contributed by atoms with E-state index in [1.165, 1.54) is 8.61 Å². The molecule has 2 fully saturated rings. The zero-order valence-corrected chi connectivity index (χ0v) is 15.9. The van der Waals surface area contributed by atoms with Gasteiger partial charge in [0.2, 0.25) is 0 Å². The first kappa shape index (κ1) is 18.4. The van der Waals surface area contributed by atoms with Gasteiger partial charge in [0, 0.05) is 45.7 Å². The molecule has 8 nitrogen and oxygen atoms in total. The summed E-state index contributed by atoms with van der Waals surface area (Å²) >= 11 is 0. The predicted octanol–water partition coefficient (Wildman–Crippen LogP) is 0.253. The molecule has 3 aliphatic rings. The number of hydrogen-bond acceptors (Lipinski definition) is 5. The second-order valence-corrected chi connectivity index (χ2v) is 9.02. The second kappa shape index (κ2) is 7.21. The maximum absolute atomic E-state index is 12.8. The van der Waals surface area contributed by atoms with Gasteiger partial charge in [0.25, 0.3) is 16.1 Å². The molecule has 0 aliphatic carbocycles. The van der Waals surface area contributed by atoms with E-state index in [-0.39, 0.29) is 19.0 Å². The highest BCUT2D eigenvalue weighted by Crippen LogP contribution is 2.23. The first-order valence-electron chi connectivity index (χ1n) is 9.30. The zero-order chi connectivity index (χ0) is 19.0. The van der Waals surface area contributed by atoms with Gasteiger partial charge in [-0.25, -0.2) is 4.79 Å². The normalized spacial score (nSPS) is 24.5. The Morgan fingerprint density at radius 1 is 0.963 bits per heavy atom. The highest BCUT2D eigenvalue weighted by Gasteiger charge is 2.38. The Kier molecular flexibility index (Phi) is 4.92. The Labute approximate surface area is 158 Å². The molecule has 1 aromatic rings. The summed E-state index contributed by atoms with van der Waals surface area (Å²) < 4.78 is 33.6. The van der Waals surface area contributed by atoms with Crippen LogP contribution >= 0.6 is 0 Å². The summed E-state index contributed by atoms with van der Waals surface area (Å²) in [6.07, 6.45) is 1.31. The van der Waals surface area contributed by atoms with Crippen LogP contribution in [-0.4, -0.2) is 79.2 Å². The lowest BCUT2D eigenvalue weighted by Gasteiger charge is -2.37. The molecular formula is C18H23N3O5S. The van der Waals surface area contributed by atoms with Crippen LogP contribution < -0.4 is 0 Å². The molecule has 146 valence electrons. The van der Waals surface area contributed by atoms with E-state index in [0.29, 0.717) is 38.2 Å². The summed E-state index contributed by atoms with van der Waals surface area (Å²) in [6.45, 7) is 2.28. The number of fused-ring (bicyclic) bond motifs is 1. The summed E-state index contributed by atoms with van der Waals surface area (Å²) in [5.74, 6) is -0.735. The molecule has 0 aromatic heterocycles. The van der Waals surface area contributed by atoms with Crippen molar-refractivity contribution in [2.75, 3.05) is 39.3 Å². The molecule has 2 saturated heterocycles. The number of rotatable bonds is 3. The molecule has 4 rings (SSSR count). The number of benzene rings is 1. The largest absolute Gasteiger partial charge is 0.448 e. The van der Waals surface area contributed by atoms with E-state index >= 15 is 0 Å². The summed E-state index contributed by atoms with van der Waals surface area (Å²) in [4.78, 5) is 26.5. The van der Waals surface area contributed by atoms with Gasteiger partial charge in [-0.3, -0.25) is 4.79 Å². The minimum Gasteiger partial charge on any atom is -0.448 e. The van der Waals surface area contributed by atoms with Crippen LogP contribution in [0.3, 0.4) is 0 Å². The van der Waals surface area contributed by atoms with Gasteiger partial charge < -0.3 is 9.64 Å². The number of nitrogens with zero attached hydrogens (tertiary/aromatic N) is 3. The van der Waals surface area contributed by atoms with E-state index < -0.39 is 22.3 Å². The Morgan fingerprint density at radius 2 is 1.59 bits per heavy atom. The SMILES string of the molecule is O=C1O[C@H](C(=O)N2CCN(S(=O)(=O)N3CCCC3)CC2)Cc2ccccc21. The second-order valence-electron chi connectivity index (χ2n) is 7.09. The summed E-state index contributed by atoms with van der Waals surface area (Å²) in [6, 6.07) is 7.13. The van der Waals surface area contributed by atoms with Crippen LogP contribution in [0.4, 0.5) is 0 Å². The van der Waals surface area contributed by atoms with Crippen LogP contribution in [-0.2, 0) is 26.2 Å². The van der Waals surface area contributed by atoms with E-state index in [1.54, 1.807) is 17.0 Å². The Bertz CT molecular complexity index is 842. The molecule has 27 heavy (non-hydrogen) atoms. The van der Waals surface area contributed by atoms with Crippen molar-refractivity contribution in [2.45, 2.75) is 25.4 Å². The van der Waals surface area contributed by atoms with Crippen molar-refractivity contribution in [3.63, 3.8) is 0 Å². The van der Waals surface area contributed by atoms with Crippen LogP contribution in [0.1, 0.15) is 28.8 Å². The number of carbonyl (C=O) groups is 2. The number of piperazine rings is 1. The molecule has 0 radical (unpaired) electrons. The molecule has 1 aromatic carbocycles. The average Bonchev–Trinajstić information content (AvgIpc) is 3.23. The summed E-state index contributed by atoms with van der Waals surface area (Å²) in [5.41, 5.74) is 1.31. The lowest BCUT2D eigenvalue weighted by Crippen LogP contribution is -2.56. The number of ether oxygens (including phenoxy) is 1. The number of carbonyl (C=O) groups excluding carboxylic acids is 2. The fourth-order valence-corrected chi connectivity index (χ4v) is 5.57. The Morgan fingerprint density at radius 3 is 2.30 bits per heavy atom. The van der Waals surface area contributed by atoms with E-state index in [1.807, 2.05) is 12.1 Å². The molecule has 0 bridgehead atoms. The quantitative estimate of drug-likeness (QED) is 0.687. The van der Waals surface area contributed by atoms with Gasteiger partial charge in [0.15, 0.2) is 6.10 Å². The minimum atomic E-state index is -3.44. The van der Waals surface area contributed by atoms with Crippen molar-refractivity contribution < 1.29 is 22.7 Å². The van der Waals surface area contributed by atoms with Crippen molar-refractivity contribution in [2.24, 2.45) is 0 Å². The third kappa shape index (κ3) is 3.46. The first-order valence-corrected chi connectivity index (χ1v) is 10.7. The standard InChI is InChI=1S/C18H23N3O5S/c22-17(16-13-14-5-1-2-6-15(14)18(23)26-16)19-9-11-21(12-10-19)27(24,25)20-7-3-4-8-20/h1-2,5-6,16H,3-4,7-13H2/t16-/m0/s1. The average molecular weight is 393 g/mol. The molecule has 1 atom stereocenters. The molecule has 0 N–H and O–H groups in total. The van der Waals surface area contributed by atoms with Crippen molar-refractivity contribution in [3.8, 4) is 0 Å². The number of cyclic esters (lactones) is 1. The maximum atomic E-state index is 12.8. The molecule has 3 heterocycles. The van der Waals surface area contributed by atoms with Gasteiger partial charge in [0.05, 0.1) is 5.56 Å². The van der Waals surface area contributed by atoms with Crippen molar-refractivity contribution in [1.29, 1.82) is 0 Å². The number of amides is 1. The third-order valence-electron chi connectivity index (χ3n) is 5.44. The van der Waals surface area contributed by atoms with Crippen molar-refractivity contribution in [3.05, 3.63) is 35.4 Å². The summed E-state index contributed by atoms with van der Waals surface area (Å²) in [7, 11) is -3.44. The van der Waals surface area contributed by atoms with Gasteiger partial charge in [0.1, 0.15) is 0 Å². The lowest BCUT2D eigenvalue weighted by atomic mass is 9.98. The fraction of sp³-hybridized carbons (Fsp3) is 0.556. The molecule has 9 heteroatoms. The number of esters is 1. The minimum absolute atomic E-state index is 0.254. The van der Waals surface area contributed by atoms with E-state index in [2.05, 4.69) is 0 Å². The van der Waals surface area contributed by atoms with Crippen LogP contribution in [0.25, 0.3) is 0 Å². The van der Waals surface area contributed by atoms with Crippen LogP contribution in [0.15, 0.2) is 24.3 Å². The lowest BCUT2D eigenvalue weighted by molar-refractivity contribution is -0.142. The van der Waals surface area contributed by atoms with Gasteiger partial charge >= 0.3 is 5.97 Å². The number of hydrogen-bond donors (Lipinski definition) is 0. The Hall–Kier alpha value is -1.97. The van der Waals surface area contributed by atoms with Crippen LogP contribution in [0.2, 0.25) is 0 Å². The fourth-order valence-electron chi connectivity index (χ4n) is 3.89. The Balaban J connectivity index is 1.39. The first-order chi connectivity index (χ1) is 13.0. The third-order valence-corrected chi connectivity index (χ3v) is 7.47. The molecule has 0 saturated carbocycles. The predicted molar refractivity (Wildman–Crippen MR) is 97.2 cm³/mol. The molecule has 1 amide bonds. The van der Waals surface area contributed by atoms with Crippen LogP contribution in [0.5, 0.6) is 0 Å². The molecular weight excluding hydrogens is 370 g/mol. The van der Waals surface area contributed by atoms with Crippen molar-refractivity contribution >= 4 is 22.1 Å². The van der Waals surface area contributed by atoms with Gasteiger partial charge in [-0.15, -0.1) is 0 Å². The monoisotopic (exact) mass is 393 g/mol. The molecule has 3 aliphatic heterocycles. The van der Waals surface area contributed by atoms with E-state index in [0.717, 1.165) is 18.4 Å². The van der Waals surface area contributed by atoms with Gasteiger partial charge in [-0.05, 0) is 24.5 Å². The van der Waals surface area contributed by atoms with Gasteiger partial charge in [-0.2, -0.15) is 17.0 Å². The molecule has 0 spiro atoms. The van der Waals surface area contributed by atoms with Gasteiger partial charge in [-0.1, -0.05) is 18.2 Å². The topological polar surface area (TPSA) is 87.2 Å². The smallest absolute Gasteiger partial charge is 0.339 e. The van der Waals surface area contributed by atoms with E-state index in [4.69, 9.17) is 4.74 Å². The zero-order valence-electron chi connectivity index (χ0n) is 15.0. The highest BCUT2D eigenvalue weighted by atomic mass is 32.2. The summed E-state index contributed by atoms with van der Waals surface area (Å²) in [5, 5.41) is 0. The van der Waals surface area contributed by atoms with Crippen molar-refractivity contribution in [1.82, 2.24) is 13.5 Å². The maximum Gasteiger partial charge on any atom is 0.339 e. The van der Waals surface area contributed by atoms with E-state index in [9.17, 15) is 18.0 Å².